The van der Waals surface area contributed by atoms with E-state index in [2.05, 4.69) is 18.7 Å². The molecule has 1 aromatic carbocycles. The molecule has 0 N–H and O–H groups in total. The molecule has 1 saturated heterocycles. The molecule has 134 valence electrons. The zero-order valence-corrected chi connectivity index (χ0v) is 15.0. The number of hydrogen-bond acceptors (Lipinski definition) is 5. The second-order valence-electron chi connectivity index (χ2n) is 6.25. The van der Waals surface area contributed by atoms with Gasteiger partial charge in [-0.05, 0) is 26.0 Å². The Balaban J connectivity index is 1.64. The van der Waals surface area contributed by atoms with Crippen molar-refractivity contribution in [3.05, 3.63) is 29.8 Å². The van der Waals surface area contributed by atoms with Gasteiger partial charge in [0.2, 0.25) is 0 Å². The highest BCUT2D eigenvalue weighted by Crippen LogP contribution is 2.19. The maximum Gasteiger partial charge on any atom is 0.166 e. The topological polar surface area (TPSA) is 48.0 Å². The minimum absolute atomic E-state index is 0.0991. The van der Waals surface area contributed by atoms with Gasteiger partial charge in [0.25, 0.3) is 0 Å². The second kappa shape index (κ2) is 9.77. The summed E-state index contributed by atoms with van der Waals surface area (Å²) in [6, 6.07) is 7.38. The largest absolute Gasteiger partial charge is 0.490 e. The summed E-state index contributed by atoms with van der Waals surface area (Å²) in [5, 5.41) is 0. The van der Waals surface area contributed by atoms with Crippen molar-refractivity contribution in [1.82, 2.24) is 4.90 Å². The first-order chi connectivity index (χ1) is 11.6. The number of rotatable bonds is 9. The maximum absolute atomic E-state index is 11.9. The van der Waals surface area contributed by atoms with Crippen LogP contribution in [0.1, 0.15) is 37.6 Å². The van der Waals surface area contributed by atoms with Crippen LogP contribution in [0.25, 0.3) is 0 Å². The zero-order chi connectivity index (χ0) is 17.4. The average Bonchev–Trinajstić information content (AvgIpc) is 2.56. The molecule has 1 fully saturated rings. The minimum atomic E-state index is 0.0991. The molecule has 0 radical (unpaired) electrons. The molecule has 0 spiro atoms. The van der Waals surface area contributed by atoms with Crippen LogP contribution in [0.5, 0.6) is 5.75 Å². The van der Waals surface area contributed by atoms with Crippen molar-refractivity contribution in [2.45, 2.75) is 39.4 Å². The number of ether oxygens (including phenoxy) is 3. The molecule has 0 amide bonds. The Bertz CT molecular complexity index is 510. The predicted molar refractivity (Wildman–Crippen MR) is 93.8 cm³/mol. The monoisotopic (exact) mass is 335 g/mol. The Kier molecular flexibility index (Phi) is 7.69. The number of benzene rings is 1. The van der Waals surface area contributed by atoms with Crippen LogP contribution in [0.15, 0.2) is 24.3 Å². The molecule has 5 heteroatoms. The highest BCUT2D eigenvalue weighted by atomic mass is 16.5. The first-order valence-corrected chi connectivity index (χ1v) is 8.80. The van der Waals surface area contributed by atoms with Gasteiger partial charge in [-0.15, -0.1) is 0 Å². The molecule has 24 heavy (non-hydrogen) atoms. The van der Waals surface area contributed by atoms with E-state index in [4.69, 9.17) is 14.2 Å². The number of ketones is 1. The van der Waals surface area contributed by atoms with Gasteiger partial charge < -0.3 is 14.2 Å². The summed E-state index contributed by atoms with van der Waals surface area (Å²) in [7, 11) is 0. The van der Waals surface area contributed by atoms with Crippen molar-refractivity contribution in [3.63, 3.8) is 0 Å². The number of carbonyl (C=O) groups is 1. The number of para-hydroxylation sites is 1. The van der Waals surface area contributed by atoms with E-state index in [-0.39, 0.29) is 18.0 Å². The number of nitrogens with zero attached hydrogens (tertiary/aromatic N) is 1. The van der Waals surface area contributed by atoms with E-state index in [0.717, 1.165) is 19.6 Å². The van der Waals surface area contributed by atoms with Gasteiger partial charge in [-0.2, -0.15) is 0 Å². The van der Waals surface area contributed by atoms with Crippen molar-refractivity contribution >= 4 is 5.78 Å². The van der Waals surface area contributed by atoms with E-state index in [1.807, 2.05) is 31.2 Å². The fourth-order valence-electron chi connectivity index (χ4n) is 2.99. The summed E-state index contributed by atoms with van der Waals surface area (Å²) in [6.45, 7) is 10.5. The third-order valence-corrected chi connectivity index (χ3v) is 4.04. The van der Waals surface area contributed by atoms with Crippen molar-refractivity contribution in [3.8, 4) is 5.75 Å². The normalized spacial score (nSPS) is 21.6. The summed E-state index contributed by atoms with van der Waals surface area (Å²) in [6.07, 6.45) is 1.04. The Morgan fingerprint density at radius 2 is 1.88 bits per heavy atom. The molecule has 0 aromatic heterocycles. The average molecular weight is 335 g/mol. The molecule has 1 aliphatic heterocycles. The van der Waals surface area contributed by atoms with Crippen molar-refractivity contribution in [2.24, 2.45) is 0 Å². The molecule has 5 nitrogen and oxygen atoms in total. The minimum Gasteiger partial charge on any atom is -0.490 e. The van der Waals surface area contributed by atoms with E-state index in [1.54, 1.807) is 0 Å². The highest BCUT2D eigenvalue weighted by molar-refractivity contribution is 5.98. The van der Waals surface area contributed by atoms with Crippen LogP contribution in [0.3, 0.4) is 0 Å². The van der Waals surface area contributed by atoms with Crippen LogP contribution in [-0.4, -0.2) is 62.3 Å². The van der Waals surface area contributed by atoms with Gasteiger partial charge >= 0.3 is 0 Å². The summed E-state index contributed by atoms with van der Waals surface area (Å²) in [4.78, 5) is 14.2. The van der Waals surface area contributed by atoms with Crippen LogP contribution in [0.2, 0.25) is 0 Å². The number of hydrogen-bond donors (Lipinski definition) is 0. The van der Waals surface area contributed by atoms with Gasteiger partial charge in [-0.1, -0.05) is 19.1 Å². The zero-order valence-electron chi connectivity index (χ0n) is 15.0. The lowest BCUT2D eigenvalue weighted by molar-refractivity contribution is -0.0734. The second-order valence-corrected chi connectivity index (χ2v) is 6.25. The van der Waals surface area contributed by atoms with Gasteiger partial charge in [0.05, 0.1) is 31.0 Å². The van der Waals surface area contributed by atoms with Gasteiger partial charge in [-0.25, -0.2) is 0 Å². The number of morpholine rings is 1. The molecule has 1 heterocycles. The predicted octanol–water partition coefficient (Wildman–Crippen LogP) is 2.78. The van der Waals surface area contributed by atoms with E-state index in [1.165, 1.54) is 0 Å². The summed E-state index contributed by atoms with van der Waals surface area (Å²) >= 11 is 0. The first-order valence-electron chi connectivity index (χ1n) is 8.80. The SMILES string of the molecule is CCC(=O)c1ccccc1OCCOCCN1C[C@@H](C)O[C@H](C)C1. The Labute approximate surface area is 144 Å². The Hall–Kier alpha value is -1.43. The third kappa shape index (κ3) is 5.89. The number of Topliss-reactive ketones (excluding diaryl/α,β-unsaturated/α-hetero) is 1. The van der Waals surface area contributed by atoms with E-state index < -0.39 is 0 Å². The lowest BCUT2D eigenvalue weighted by atomic mass is 10.1. The van der Waals surface area contributed by atoms with Crippen molar-refractivity contribution in [2.75, 3.05) is 39.5 Å². The Morgan fingerprint density at radius 1 is 1.17 bits per heavy atom. The third-order valence-electron chi connectivity index (χ3n) is 4.04. The fourth-order valence-corrected chi connectivity index (χ4v) is 2.99. The smallest absolute Gasteiger partial charge is 0.166 e. The fraction of sp³-hybridized carbons (Fsp3) is 0.632. The molecule has 0 unspecified atom stereocenters. The quantitative estimate of drug-likeness (QED) is 0.513. The molecule has 0 bridgehead atoms. The standard InChI is InChI=1S/C19H29NO4/c1-4-18(21)17-7-5-6-8-19(17)23-12-11-22-10-9-20-13-15(2)24-16(3)14-20/h5-8,15-16H,4,9-14H2,1-3H3/t15-,16-/m1/s1. The van der Waals surface area contributed by atoms with Crippen molar-refractivity contribution < 1.29 is 19.0 Å². The molecular weight excluding hydrogens is 306 g/mol. The van der Waals surface area contributed by atoms with Crippen LogP contribution in [-0.2, 0) is 9.47 Å². The molecule has 0 saturated carbocycles. The molecule has 1 aromatic rings. The lowest BCUT2D eigenvalue weighted by Gasteiger charge is -2.35. The van der Waals surface area contributed by atoms with E-state index in [9.17, 15) is 4.79 Å². The van der Waals surface area contributed by atoms with Crippen molar-refractivity contribution in [1.29, 1.82) is 0 Å². The summed E-state index contributed by atoms with van der Waals surface area (Å²) in [5.41, 5.74) is 0.649. The van der Waals surface area contributed by atoms with Crippen LogP contribution < -0.4 is 4.74 Å². The van der Waals surface area contributed by atoms with Crippen LogP contribution >= 0.6 is 0 Å². The molecule has 0 aliphatic carbocycles. The van der Waals surface area contributed by atoms with E-state index in [0.29, 0.717) is 37.6 Å². The maximum atomic E-state index is 11.9. The van der Waals surface area contributed by atoms with Crippen LogP contribution in [0.4, 0.5) is 0 Å². The van der Waals surface area contributed by atoms with Crippen LogP contribution in [0, 0.1) is 0 Å². The Morgan fingerprint density at radius 3 is 2.58 bits per heavy atom. The van der Waals surface area contributed by atoms with E-state index >= 15 is 0 Å². The summed E-state index contributed by atoms with van der Waals surface area (Å²) < 4.78 is 17.1. The molecule has 1 aliphatic rings. The summed E-state index contributed by atoms with van der Waals surface area (Å²) in [5.74, 6) is 0.742. The molecule has 2 atom stereocenters. The number of carbonyl (C=O) groups excluding carboxylic acids is 1. The lowest BCUT2D eigenvalue weighted by Crippen LogP contribution is -2.46. The van der Waals surface area contributed by atoms with Gasteiger partial charge in [0, 0.05) is 26.1 Å². The molecular formula is C19H29NO4. The van der Waals surface area contributed by atoms with Gasteiger partial charge in [0.15, 0.2) is 5.78 Å². The van der Waals surface area contributed by atoms with Gasteiger partial charge in [-0.3, -0.25) is 9.69 Å². The molecule has 2 rings (SSSR count). The first kappa shape index (κ1) is 18.9. The van der Waals surface area contributed by atoms with Gasteiger partial charge in [0.1, 0.15) is 12.4 Å². The highest BCUT2D eigenvalue weighted by Gasteiger charge is 2.21.